The molecule has 1 amide bonds. The number of carbonyl (C=O) groups is 3. The Bertz CT molecular complexity index is 1180. The molecule has 1 aliphatic carbocycles. The normalized spacial score (nSPS) is 16.4. The second-order valence-electron chi connectivity index (χ2n) is 10.8. The summed E-state index contributed by atoms with van der Waals surface area (Å²) < 4.78 is 0. The maximum absolute atomic E-state index is 13.4. The van der Waals surface area contributed by atoms with Gasteiger partial charge < -0.3 is 31.1 Å². The summed E-state index contributed by atoms with van der Waals surface area (Å²) in [6.45, 7) is -0.662. The minimum absolute atomic E-state index is 0.0153. The second-order valence-corrected chi connectivity index (χ2v) is 10.8. The third-order valence-electron chi connectivity index (χ3n) is 7.70. The number of aryl methyl sites for hydroxylation is 2. The van der Waals surface area contributed by atoms with E-state index >= 15 is 0 Å². The van der Waals surface area contributed by atoms with Crippen molar-refractivity contribution in [3.05, 3.63) is 52.6 Å². The summed E-state index contributed by atoms with van der Waals surface area (Å²) >= 11 is 0. The Morgan fingerprint density at radius 2 is 1.77 bits per heavy atom. The number of nitrogens with two attached hydrogens (primary N) is 1. The number of aliphatic hydroxyl groups is 2. The number of aliphatic hydroxyl groups excluding tert-OH is 2. The summed E-state index contributed by atoms with van der Waals surface area (Å²) in [6.07, 6.45) is 2.95. The van der Waals surface area contributed by atoms with Crippen molar-refractivity contribution >= 4 is 23.2 Å². The molecule has 1 aliphatic rings. The molecular weight excluding hydrogens is 500 g/mol. The zero-order valence-corrected chi connectivity index (χ0v) is 22.7. The molecule has 0 saturated carbocycles. The molecule has 2 aromatic rings. The van der Waals surface area contributed by atoms with Crippen LogP contribution in [0.25, 0.3) is 0 Å². The van der Waals surface area contributed by atoms with Gasteiger partial charge in [-0.3, -0.25) is 14.4 Å². The number of anilines is 1. The minimum atomic E-state index is -0.848. The zero-order valence-electron chi connectivity index (χ0n) is 22.7. The first-order valence-corrected chi connectivity index (χ1v) is 13.4. The monoisotopic (exact) mass is 540 g/mol. The standard InChI is InChI=1S/C30H40N2O7/c1-32(2)25-15-21(5-3-4-18-6-8-22(35)9-7-18)30(39)29-23(25)13-19(14-27(29)37)12-20(10-11-33)24(17-34)26(36)16-28(31)38/h6-9,15,19-20,24,33-35,39H,3-5,10-14,16-17H2,1-2H3,(H2,31,38). The number of hydrogen-bond donors (Lipinski definition) is 5. The summed E-state index contributed by atoms with van der Waals surface area (Å²) in [5.41, 5.74) is 8.91. The van der Waals surface area contributed by atoms with Gasteiger partial charge >= 0.3 is 0 Å². The van der Waals surface area contributed by atoms with Crippen molar-refractivity contribution in [1.82, 2.24) is 0 Å². The Morgan fingerprint density at radius 1 is 1.08 bits per heavy atom. The van der Waals surface area contributed by atoms with E-state index in [-0.39, 0.29) is 42.6 Å². The van der Waals surface area contributed by atoms with E-state index < -0.39 is 36.6 Å². The number of amides is 1. The summed E-state index contributed by atoms with van der Waals surface area (Å²) in [6, 6.07) is 8.95. The van der Waals surface area contributed by atoms with Crippen molar-refractivity contribution in [1.29, 1.82) is 0 Å². The average Bonchev–Trinajstić information content (AvgIpc) is 2.86. The first-order chi connectivity index (χ1) is 18.5. The molecule has 3 atom stereocenters. The van der Waals surface area contributed by atoms with Crippen LogP contribution in [0, 0.1) is 17.8 Å². The molecular formula is C30H40N2O7. The van der Waals surface area contributed by atoms with Crippen LogP contribution in [0.15, 0.2) is 30.3 Å². The quantitative estimate of drug-likeness (QED) is 0.228. The van der Waals surface area contributed by atoms with Crippen molar-refractivity contribution in [2.75, 3.05) is 32.2 Å². The molecule has 0 bridgehead atoms. The van der Waals surface area contributed by atoms with E-state index in [2.05, 4.69) is 0 Å². The lowest BCUT2D eigenvalue weighted by atomic mass is 9.73. The Hall–Kier alpha value is -3.43. The Balaban J connectivity index is 1.83. The third-order valence-corrected chi connectivity index (χ3v) is 7.70. The van der Waals surface area contributed by atoms with E-state index in [1.54, 1.807) is 12.1 Å². The Morgan fingerprint density at radius 3 is 2.36 bits per heavy atom. The van der Waals surface area contributed by atoms with E-state index in [0.29, 0.717) is 30.4 Å². The molecule has 0 aromatic heterocycles. The fourth-order valence-electron chi connectivity index (χ4n) is 5.78. The topological polar surface area (TPSA) is 161 Å². The second kappa shape index (κ2) is 13.6. The number of phenolic OH excluding ortho intramolecular Hbond substituents is 2. The lowest BCUT2D eigenvalue weighted by Gasteiger charge is -2.33. The molecule has 0 saturated heterocycles. The molecule has 0 fully saturated rings. The number of aromatic hydroxyl groups is 2. The number of phenols is 2. The molecule has 212 valence electrons. The Kier molecular flexibility index (Phi) is 10.5. The lowest BCUT2D eigenvalue weighted by molar-refractivity contribution is -0.131. The van der Waals surface area contributed by atoms with Crippen molar-refractivity contribution < 1.29 is 34.8 Å². The summed E-state index contributed by atoms with van der Waals surface area (Å²) in [4.78, 5) is 39.2. The zero-order chi connectivity index (χ0) is 28.7. The fraction of sp³-hybridized carbons (Fsp3) is 0.500. The number of carbonyl (C=O) groups excluding carboxylic acids is 3. The lowest BCUT2D eigenvalue weighted by Crippen LogP contribution is -2.34. The molecule has 2 aromatic carbocycles. The number of fused-ring (bicyclic) bond motifs is 1. The number of rotatable bonds is 14. The van der Waals surface area contributed by atoms with Crippen molar-refractivity contribution in [2.45, 2.75) is 51.4 Å². The molecule has 0 spiro atoms. The van der Waals surface area contributed by atoms with Crippen LogP contribution in [0.3, 0.4) is 0 Å². The number of ketones is 2. The maximum Gasteiger partial charge on any atom is 0.224 e. The van der Waals surface area contributed by atoms with Crippen molar-refractivity contribution in [3.8, 4) is 11.5 Å². The van der Waals surface area contributed by atoms with Crippen molar-refractivity contribution in [3.63, 3.8) is 0 Å². The van der Waals surface area contributed by atoms with Crippen molar-refractivity contribution in [2.24, 2.45) is 23.5 Å². The largest absolute Gasteiger partial charge is 0.508 e. The number of Topliss-reactive ketones (excluding diaryl/α,β-unsaturated/α-hetero) is 2. The number of hydrogen-bond acceptors (Lipinski definition) is 8. The highest BCUT2D eigenvalue weighted by molar-refractivity contribution is 6.03. The van der Waals surface area contributed by atoms with Gasteiger partial charge in [-0.15, -0.1) is 0 Å². The van der Waals surface area contributed by atoms with Crippen LogP contribution in [-0.4, -0.2) is 65.2 Å². The summed E-state index contributed by atoms with van der Waals surface area (Å²) in [5.74, 6) is -2.60. The SMILES string of the molecule is CN(C)c1cc(CCCc2ccc(O)cc2)c(O)c2c1CC(CC(CCO)C(CO)C(=O)CC(N)=O)CC2=O. The van der Waals surface area contributed by atoms with Gasteiger partial charge in [-0.1, -0.05) is 12.1 Å². The molecule has 9 heteroatoms. The highest BCUT2D eigenvalue weighted by Gasteiger charge is 2.36. The van der Waals surface area contributed by atoms with Gasteiger partial charge in [0.05, 0.1) is 18.6 Å². The molecule has 9 nitrogen and oxygen atoms in total. The van der Waals surface area contributed by atoms with Crippen LogP contribution in [-0.2, 0) is 28.9 Å². The van der Waals surface area contributed by atoms with Crippen LogP contribution in [0.1, 0.15) is 59.2 Å². The maximum atomic E-state index is 13.4. The van der Waals surface area contributed by atoms with Gasteiger partial charge in [-0.2, -0.15) is 0 Å². The Labute approximate surface area is 229 Å². The first-order valence-electron chi connectivity index (χ1n) is 13.4. The van der Waals surface area contributed by atoms with E-state index in [1.807, 2.05) is 37.2 Å². The van der Waals surface area contributed by atoms with Gasteiger partial charge in [0, 0.05) is 38.7 Å². The van der Waals surface area contributed by atoms with E-state index in [4.69, 9.17) is 5.73 Å². The van der Waals surface area contributed by atoms with Gasteiger partial charge in [-0.05, 0) is 85.3 Å². The molecule has 3 unspecified atom stereocenters. The average molecular weight is 541 g/mol. The predicted molar refractivity (Wildman–Crippen MR) is 148 cm³/mol. The van der Waals surface area contributed by atoms with Crippen LogP contribution in [0.2, 0.25) is 0 Å². The number of primary amides is 1. The van der Waals surface area contributed by atoms with E-state index in [1.165, 1.54) is 0 Å². The van der Waals surface area contributed by atoms with Gasteiger partial charge in [-0.25, -0.2) is 0 Å². The molecule has 39 heavy (non-hydrogen) atoms. The van der Waals surface area contributed by atoms with Gasteiger partial charge in [0.1, 0.15) is 17.3 Å². The number of benzene rings is 2. The van der Waals surface area contributed by atoms with Gasteiger partial charge in [0.2, 0.25) is 5.91 Å². The van der Waals surface area contributed by atoms with E-state index in [0.717, 1.165) is 29.7 Å². The van der Waals surface area contributed by atoms with Crippen LogP contribution < -0.4 is 10.6 Å². The molecule has 3 rings (SSSR count). The smallest absolute Gasteiger partial charge is 0.224 e. The predicted octanol–water partition coefficient (Wildman–Crippen LogP) is 2.53. The summed E-state index contributed by atoms with van der Waals surface area (Å²) in [7, 11) is 3.78. The fourth-order valence-corrected chi connectivity index (χ4v) is 5.78. The molecule has 0 radical (unpaired) electrons. The highest BCUT2D eigenvalue weighted by Crippen LogP contribution is 2.42. The van der Waals surface area contributed by atoms with E-state index in [9.17, 15) is 34.8 Å². The third kappa shape index (κ3) is 7.58. The van der Waals surface area contributed by atoms with Gasteiger partial charge in [0.15, 0.2) is 5.78 Å². The van der Waals surface area contributed by atoms with Gasteiger partial charge in [0.25, 0.3) is 0 Å². The summed E-state index contributed by atoms with van der Waals surface area (Å²) in [5, 5.41) is 40.2. The van der Waals surface area contributed by atoms with Crippen LogP contribution in [0.5, 0.6) is 11.5 Å². The highest BCUT2D eigenvalue weighted by atomic mass is 16.3. The van der Waals surface area contributed by atoms with Crippen LogP contribution in [0.4, 0.5) is 5.69 Å². The minimum Gasteiger partial charge on any atom is -0.508 e. The van der Waals surface area contributed by atoms with Crippen LogP contribution >= 0.6 is 0 Å². The molecule has 0 heterocycles. The molecule has 6 N–H and O–H groups in total. The number of nitrogens with zero attached hydrogens (tertiary/aromatic N) is 1. The molecule has 0 aliphatic heterocycles. The first kappa shape index (κ1) is 30.1.